The fraction of sp³-hybridized carbons (Fsp3) is 0.222. The minimum atomic E-state index is 0.113. The van der Waals surface area contributed by atoms with Crippen molar-refractivity contribution in [2.45, 2.75) is 19.4 Å². The van der Waals surface area contributed by atoms with Crippen LogP contribution in [0, 0.1) is 0 Å². The SMILES string of the molecule is CC(Nc1ncnc(NCCc2cccs2)c1N)c1ccccc1. The first kappa shape index (κ1) is 16.3. The second-order valence-corrected chi connectivity index (χ2v) is 6.55. The van der Waals surface area contributed by atoms with Gasteiger partial charge < -0.3 is 16.4 Å². The molecule has 3 aromatic rings. The molecule has 1 aromatic carbocycles. The van der Waals surface area contributed by atoms with Crippen LogP contribution in [-0.2, 0) is 6.42 Å². The van der Waals surface area contributed by atoms with Crippen molar-refractivity contribution >= 4 is 28.7 Å². The lowest BCUT2D eigenvalue weighted by molar-refractivity contribution is 0.872. The summed E-state index contributed by atoms with van der Waals surface area (Å²) in [4.78, 5) is 9.87. The van der Waals surface area contributed by atoms with Gasteiger partial charge in [-0.05, 0) is 30.4 Å². The van der Waals surface area contributed by atoms with E-state index < -0.39 is 0 Å². The molecule has 6 heteroatoms. The van der Waals surface area contributed by atoms with Crippen LogP contribution in [0.3, 0.4) is 0 Å². The average molecular weight is 339 g/mol. The van der Waals surface area contributed by atoms with E-state index in [1.807, 2.05) is 18.2 Å². The van der Waals surface area contributed by atoms with Crippen LogP contribution in [0.25, 0.3) is 0 Å². The van der Waals surface area contributed by atoms with Gasteiger partial charge in [0.2, 0.25) is 0 Å². The summed E-state index contributed by atoms with van der Waals surface area (Å²) in [5.74, 6) is 1.32. The van der Waals surface area contributed by atoms with Crippen molar-refractivity contribution < 1.29 is 0 Å². The van der Waals surface area contributed by atoms with Gasteiger partial charge in [-0.1, -0.05) is 36.4 Å². The molecule has 124 valence electrons. The van der Waals surface area contributed by atoms with Crippen molar-refractivity contribution in [3.63, 3.8) is 0 Å². The zero-order valence-corrected chi connectivity index (χ0v) is 14.4. The molecule has 1 unspecified atom stereocenters. The largest absolute Gasteiger partial charge is 0.393 e. The van der Waals surface area contributed by atoms with Crippen molar-refractivity contribution in [2.75, 3.05) is 22.9 Å². The number of nitrogens with one attached hydrogen (secondary N) is 2. The third-order valence-corrected chi connectivity index (χ3v) is 4.72. The van der Waals surface area contributed by atoms with Crippen molar-refractivity contribution in [3.8, 4) is 0 Å². The molecule has 0 aliphatic heterocycles. The highest BCUT2D eigenvalue weighted by Gasteiger charge is 2.11. The van der Waals surface area contributed by atoms with Gasteiger partial charge in [-0.3, -0.25) is 0 Å². The summed E-state index contributed by atoms with van der Waals surface area (Å²) in [6.07, 6.45) is 2.48. The fourth-order valence-electron chi connectivity index (χ4n) is 2.44. The summed E-state index contributed by atoms with van der Waals surface area (Å²) in [6.45, 7) is 2.87. The Balaban J connectivity index is 1.64. The van der Waals surface area contributed by atoms with Crippen molar-refractivity contribution in [2.24, 2.45) is 0 Å². The van der Waals surface area contributed by atoms with Crippen molar-refractivity contribution in [1.29, 1.82) is 0 Å². The predicted molar refractivity (Wildman–Crippen MR) is 101 cm³/mol. The van der Waals surface area contributed by atoms with Crippen LogP contribution in [-0.4, -0.2) is 16.5 Å². The van der Waals surface area contributed by atoms with Gasteiger partial charge in [-0.25, -0.2) is 9.97 Å². The summed E-state index contributed by atoms with van der Waals surface area (Å²) in [5, 5.41) is 8.74. The first-order valence-corrected chi connectivity index (χ1v) is 8.80. The lowest BCUT2D eigenvalue weighted by Gasteiger charge is -2.17. The Morgan fingerprint density at radius 3 is 2.62 bits per heavy atom. The van der Waals surface area contributed by atoms with Gasteiger partial charge in [0.15, 0.2) is 11.6 Å². The quantitative estimate of drug-likeness (QED) is 0.608. The standard InChI is InChI=1S/C18H21N5S/c1-13(14-6-3-2-4-7-14)23-18-16(19)17(21-12-22-18)20-10-9-15-8-5-11-24-15/h2-8,11-13H,9-10,19H2,1H3,(H2,20,21,22,23). The molecule has 0 aliphatic rings. The number of aromatic nitrogens is 2. The second-order valence-electron chi connectivity index (χ2n) is 5.52. The van der Waals surface area contributed by atoms with E-state index in [0.29, 0.717) is 17.3 Å². The Morgan fingerprint density at radius 2 is 1.88 bits per heavy atom. The molecule has 24 heavy (non-hydrogen) atoms. The summed E-state index contributed by atoms with van der Waals surface area (Å²) < 4.78 is 0. The number of nitrogens with two attached hydrogens (primary N) is 1. The monoisotopic (exact) mass is 339 g/mol. The van der Waals surface area contributed by atoms with Crippen LogP contribution in [0.2, 0.25) is 0 Å². The van der Waals surface area contributed by atoms with Gasteiger partial charge >= 0.3 is 0 Å². The molecule has 4 N–H and O–H groups in total. The number of nitrogens with zero attached hydrogens (tertiary/aromatic N) is 2. The number of hydrogen-bond acceptors (Lipinski definition) is 6. The first-order valence-electron chi connectivity index (χ1n) is 7.92. The third kappa shape index (κ3) is 4.02. The van der Waals surface area contributed by atoms with E-state index in [-0.39, 0.29) is 6.04 Å². The van der Waals surface area contributed by atoms with E-state index in [1.165, 1.54) is 16.8 Å². The third-order valence-electron chi connectivity index (χ3n) is 3.78. The average Bonchev–Trinajstić information content (AvgIpc) is 3.12. The number of thiophene rings is 1. The lowest BCUT2D eigenvalue weighted by atomic mass is 10.1. The topological polar surface area (TPSA) is 75.9 Å². The highest BCUT2D eigenvalue weighted by molar-refractivity contribution is 7.09. The molecule has 0 spiro atoms. The second kappa shape index (κ2) is 7.79. The molecule has 5 nitrogen and oxygen atoms in total. The Kier molecular flexibility index (Phi) is 5.28. The molecule has 2 aromatic heterocycles. The van der Waals surface area contributed by atoms with Crippen LogP contribution in [0.1, 0.15) is 23.4 Å². The van der Waals surface area contributed by atoms with Gasteiger partial charge in [0.05, 0.1) is 6.04 Å². The normalized spacial score (nSPS) is 11.9. The number of rotatable bonds is 7. The molecule has 0 saturated carbocycles. The van der Waals surface area contributed by atoms with Gasteiger partial charge in [-0.2, -0.15) is 0 Å². The van der Waals surface area contributed by atoms with E-state index in [2.05, 4.69) is 57.2 Å². The maximum absolute atomic E-state index is 6.22. The first-order chi connectivity index (χ1) is 11.7. The van der Waals surface area contributed by atoms with E-state index in [1.54, 1.807) is 11.3 Å². The van der Waals surface area contributed by atoms with Gasteiger partial charge in [0.25, 0.3) is 0 Å². The maximum atomic E-state index is 6.22. The van der Waals surface area contributed by atoms with E-state index in [9.17, 15) is 0 Å². The molecule has 2 heterocycles. The van der Waals surface area contributed by atoms with Crippen LogP contribution in [0.15, 0.2) is 54.2 Å². The Morgan fingerprint density at radius 1 is 1.08 bits per heavy atom. The summed E-state index contributed by atoms with van der Waals surface area (Å²) in [6, 6.07) is 14.5. The molecule has 0 radical (unpaired) electrons. The van der Waals surface area contributed by atoms with Gasteiger partial charge in [0, 0.05) is 11.4 Å². The fourth-order valence-corrected chi connectivity index (χ4v) is 3.15. The number of benzene rings is 1. The number of hydrogen-bond donors (Lipinski definition) is 3. The molecule has 0 amide bonds. The molecule has 0 aliphatic carbocycles. The Bertz CT molecular complexity index is 758. The summed E-state index contributed by atoms with van der Waals surface area (Å²) in [5.41, 5.74) is 7.95. The zero-order valence-electron chi connectivity index (χ0n) is 13.6. The number of nitrogen functional groups attached to an aromatic ring is 1. The minimum Gasteiger partial charge on any atom is -0.393 e. The smallest absolute Gasteiger partial charge is 0.155 e. The molecule has 1 atom stereocenters. The van der Waals surface area contributed by atoms with E-state index in [4.69, 9.17) is 5.73 Å². The summed E-state index contributed by atoms with van der Waals surface area (Å²) in [7, 11) is 0. The highest BCUT2D eigenvalue weighted by Crippen LogP contribution is 2.26. The van der Waals surface area contributed by atoms with Crippen molar-refractivity contribution in [1.82, 2.24) is 9.97 Å². The zero-order chi connectivity index (χ0) is 16.8. The van der Waals surface area contributed by atoms with E-state index >= 15 is 0 Å². The van der Waals surface area contributed by atoms with Crippen molar-refractivity contribution in [3.05, 3.63) is 64.6 Å². The van der Waals surface area contributed by atoms with Gasteiger partial charge in [-0.15, -0.1) is 11.3 Å². The molecular formula is C18H21N5S. The summed E-state index contributed by atoms with van der Waals surface area (Å²) >= 11 is 1.76. The van der Waals surface area contributed by atoms with E-state index in [0.717, 1.165) is 13.0 Å². The maximum Gasteiger partial charge on any atom is 0.155 e. The number of anilines is 3. The Labute approximate surface area is 146 Å². The lowest BCUT2D eigenvalue weighted by Crippen LogP contribution is -2.13. The Hall–Kier alpha value is -2.60. The predicted octanol–water partition coefficient (Wildman–Crippen LogP) is 3.95. The molecular weight excluding hydrogens is 318 g/mol. The molecule has 0 bridgehead atoms. The highest BCUT2D eigenvalue weighted by atomic mass is 32.1. The minimum absolute atomic E-state index is 0.113. The van der Waals surface area contributed by atoms with Crippen LogP contribution >= 0.6 is 11.3 Å². The van der Waals surface area contributed by atoms with Crippen LogP contribution < -0.4 is 16.4 Å². The van der Waals surface area contributed by atoms with Crippen LogP contribution in [0.5, 0.6) is 0 Å². The van der Waals surface area contributed by atoms with Gasteiger partial charge in [0.1, 0.15) is 12.0 Å². The molecule has 0 saturated heterocycles. The molecule has 0 fully saturated rings. The molecule has 3 rings (SSSR count). The van der Waals surface area contributed by atoms with Crippen LogP contribution in [0.4, 0.5) is 17.3 Å².